The highest BCUT2D eigenvalue weighted by atomic mass is 32.2. The van der Waals surface area contributed by atoms with Gasteiger partial charge in [-0.2, -0.15) is 13.2 Å². The van der Waals surface area contributed by atoms with Gasteiger partial charge in [-0.3, -0.25) is 0 Å². The zero-order valence-corrected chi connectivity index (χ0v) is 15.3. The number of hydrogen-bond donors (Lipinski definition) is 2. The lowest BCUT2D eigenvalue weighted by molar-refractivity contribution is -0.137. The fraction of sp³-hybridized carbons (Fsp3) is 0.368. The van der Waals surface area contributed by atoms with Crippen molar-refractivity contribution < 1.29 is 26.7 Å². The highest BCUT2D eigenvalue weighted by Gasteiger charge is 2.30. The number of aliphatic hydroxyl groups is 1. The van der Waals surface area contributed by atoms with Gasteiger partial charge in [0, 0.05) is 6.54 Å². The predicted molar refractivity (Wildman–Crippen MR) is 94.7 cm³/mol. The lowest BCUT2D eigenvalue weighted by atomic mass is 9.92. The van der Waals surface area contributed by atoms with Crippen LogP contribution >= 0.6 is 0 Å². The van der Waals surface area contributed by atoms with E-state index >= 15 is 0 Å². The first-order valence-electron chi connectivity index (χ1n) is 8.63. The molecule has 4 nitrogen and oxygen atoms in total. The summed E-state index contributed by atoms with van der Waals surface area (Å²) in [5.41, 5.74) is 1.56. The minimum Gasteiger partial charge on any atom is -0.387 e. The van der Waals surface area contributed by atoms with E-state index in [0.29, 0.717) is 0 Å². The molecule has 0 saturated heterocycles. The van der Waals surface area contributed by atoms with E-state index in [0.717, 1.165) is 61.1 Å². The van der Waals surface area contributed by atoms with E-state index in [1.807, 2.05) is 6.07 Å². The molecule has 0 fully saturated rings. The van der Waals surface area contributed by atoms with Crippen LogP contribution in [-0.2, 0) is 29.0 Å². The number of nitrogens with one attached hydrogen (secondary N) is 1. The van der Waals surface area contributed by atoms with Crippen molar-refractivity contribution >= 4 is 10.0 Å². The van der Waals surface area contributed by atoms with Crippen LogP contribution in [0.15, 0.2) is 47.4 Å². The van der Waals surface area contributed by atoms with Gasteiger partial charge in [0.25, 0.3) is 0 Å². The van der Waals surface area contributed by atoms with Crippen molar-refractivity contribution in [3.8, 4) is 0 Å². The zero-order chi connectivity index (χ0) is 19.7. The van der Waals surface area contributed by atoms with Gasteiger partial charge in [-0.15, -0.1) is 0 Å². The molecule has 1 atom stereocenters. The van der Waals surface area contributed by atoms with Crippen LogP contribution in [0.4, 0.5) is 13.2 Å². The van der Waals surface area contributed by atoms with E-state index in [1.165, 1.54) is 6.07 Å². The van der Waals surface area contributed by atoms with Crippen molar-refractivity contribution in [3.05, 3.63) is 64.7 Å². The Morgan fingerprint density at radius 1 is 1.00 bits per heavy atom. The fourth-order valence-electron chi connectivity index (χ4n) is 3.16. The van der Waals surface area contributed by atoms with E-state index in [9.17, 15) is 26.7 Å². The average molecular weight is 399 g/mol. The molecule has 8 heteroatoms. The van der Waals surface area contributed by atoms with Gasteiger partial charge in [0.05, 0.1) is 16.6 Å². The number of benzene rings is 2. The standard InChI is InChI=1S/C19H20F3NO3S/c20-19(21,22)16-8-5-14(6-9-16)18(24)12-23-27(25,26)17-10-7-13-3-1-2-4-15(13)11-17/h5-11,18,23-24H,1-4,12H2. The Balaban J connectivity index is 1.68. The van der Waals surface area contributed by atoms with Gasteiger partial charge in [-0.25, -0.2) is 13.1 Å². The first-order chi connectivity index (χ1) is 12.7. The number of aliphatic hydroxyl groups excluding tert-OH is 1. The summed E-state index contributed by atoms with van der Waals surface area (Å²) in [4.78, 5) is 0.128. The molecule has 146 valence electrons. The smallest absolute Gasteiger partial charge is 0.387 e. The summed E-state index contributed by atoms with van der Waals surface area (Å²) in [5, 5.41) is 10.1. The molecule has 0 spiro atoms. The van der Waals surface area contributed by atoms with E-state index in [-0.39, 0.29) is 17.0 Å². The molecule has 1 aliphatic rings. The topological polar surface area (TPSA) is 66.4 Å². The minimum atomic E-state index is -4.46. The molecule has 0 heterocycles. The van der Waals surface area contributed by atoms with Crippen LogP contribution < -0.4 is 4.72 Å². The maximum absolute atomic E-state index is 12.6. The summed E-state index contributed by atoms with van der Waals surface area (Å²) < 4.78 is 65.0. The maximum atomic E-state index is 12.6. The van der Waals surface area contributed by atoms with Crippen molar-refractivity contribution in [1.29, 1.82) is 0 Å². The largest absolute Gasteiger partial charge is 0.416 e. The van der Waals surface area contributed by atoms with E-state index in [1.54, 1.807) is 6.07 Å². The zero-order valence-electron chi connectivity index (χ0n) is 14.5. The van der Waals surface area contributed by atoms with Gasteiger partial charge >= 0.3 is 6.18 Å². The highest BCUT2D eigenvalue weighted by molar-refractivity contribution is 7.89. The Hall–Kier alpha value is -1.90. The van der Waals surface area contributed by atoms with Crippen LogP contribution in [0.3, 0.4) is 0 Å². The summed E-state index contributed by atoms with van der Waals surface area (Å²) in [7, 11) is -3.82. The Labute approximate surface area is 156 Å². The van der Waals surface area contributed by atoms with E-state index in [4.69, 9.17) is 0 Å². The summed E-state index contributed by atoms with van der Waals surface area (Å²) in [6, 6.07) is 9.00. The molecule has 27 heavy (non-hydrogen) atoms. The lowest BCUT2D eigenvalue weighted by Gasteiger charge is -2.17. The van der Waals surface area contributed by atoms with Gasteiger partial charge in [0.2, 0.25) is 10.0 Å². The lowest BCUT2D eigenvalue weighted by Crippen LogP contribution is -2.28. The fourth-order valence-corrected chi connectivity index (χ4v) is 4.25. The molecule has 0 bridgehead atoms. The second-order valence-electron chi connectivity index (χ2n) is 6.63. The van der Waals surface area contributed by atoms with Crippen LogP contribution in [0.1, 0.15) is 41.2 Å². The van der Waals surface area contributed by atoms with Gasteiger partial charge < -0.3 is 5.11 Å². The molecule has 0 saturated carbocycles. The van der Waals surface area contributed by atoms with Crippen LogP contribution in [0, 0.1) is 0 Å². The third kappa shape index (κ3) is 4.69. The van der Waals surface area contributed by atoms with Gasteiger partial charge in [0.15, 0.2) is 0 Å². The van der Waals surface area contributed by atoms with Crippen LogP contribution in [-0.4, -0.2) is 20.1 Å². The second-order valence-corrected chi connectivity index (χ2v) is 8.39. The molecule has 0 aliphatic heterocycles. The molecular formula is C19H20F3NO3S. The quantitative estimate of drug-likeness (QED) is 0.808. The number of hydrogen-bond acceptors (Lipinski definition) is 3. The molecular weight excluding hydrogens is 379 g/mol. The number of alkyl halides is 3. The third-order valence-corrected chi connectivity index (χ3v) is 6.14. The number of aryl methyl sites for hydroxylation is 2. The van der Waals surface area contributed by atoms with Crippen molar-refractivity contribution in [2.45, 2.75) is 42.9 Å². The third-order valence-electron chi connectivity index (χ3n) is 4.72. The Morgan fingerprint density at radius 2 is 1.63 bits per heavy atom. The van der Waals surface area contributed by atoms with E-state index < -0.39 is 27.9 Å². The number of fused-ring (bicyclic) bond motifs is 1. The first-order valence-corrected chi connectivity index (χ1v) is 10.1. The van der Waals surface area contributed by atoms with Gasteiger partial charge in [0.1, 0.15) is 0 Å². The monoisotopic (exact) mass is 399 g/mol. The van der Waals surface area contributed by atoms with Crippen molar-refractivity contribution in [3.63, 3.8) is 0 Å². The normalized spacial score (nSPS) is 16.0. The molecule has 3 rings (SSSR count). The molecule has 1 aliphatic carbocycles. The van der Waals surface area contributed by atoms with Gasteiger partial charge in [-0.1, -0.05) is 18.2 Å². The minimum absolute atomic E-state index is 0.128. The highest BCUT2D eigenvalue weighted by Crippen LogP contribution is 2.30. The molecule has 0 amide bonds. The molecule has 2 aromatic carbocycles. The molecule has 2 N–H and O–H groups in total. The SMILES string of the molecule is O=S(=O)(NCC(O)c1ccc(C(F)(F)F)cc1)c1ccc2c(c1)CCCC2. The van der Waals surface area contributed by atoms with Crippen LogP contribution in [0.5, 0.6) is 0 Å². The predicted octanol–water partition coefficient (Wildman–Crippen LogP) is 3.60. The number of halogens is 3. The Bertz CT molecular complexity index is 909. The molecule has 2 aromatic rings. The second kappa shape index (κ2) is 7.61. The molecule has 0 aromatic heterocycles. The van der Waals surface area contributed by atoms with E-state index in [2.05, 4.69) is 4.72 Å². The van der Waals surface area contributed by atoms with Crippen LogP contribution in [0.2, 0.25) is 0 Å². The molecule has 0 radical (unpaired) electrons. The van der Waals surface area contributed by atoms with Gasteiger partial charge in [-0.05, 0) is 66.6 Å². The number of sulfonamides is 1. The Kier molecular flexibility index (Phi) is 5.60. The molecule has 1 unspecified atom stereocenters. The summed E-state index contributed by atoms with van der Waals surface area (Å²) in [6.45, 7) is -0.329. The maximum Gasteiger partial charge on any atom is 0.416 e. The number of rotatable bonds is 5. The first kappa shape index (κ1) is 19.9. The average Bonchev–Trinajstić information content (AvgIpc) is 2.65. The van der Waals surface area contributed by atoms with Crippen molar-refractivity contribution in [1.82, 2.24) is 4.72 Å². The Morgan fingerprint density at radius 3 is 2.26 bits per heavy atom. The van der Waals surface area contributed by atoms with Crippen LogP contribution in [0.25, 0.3) is 0 Å². The summed E-state index contributed by atoms with van der Waals surface area (Å²) in [6.07, 6.45) is -1.81. The van der Waals surface area contributed by atoms with Crippen molar-refractivity contribution in [2.24, 2.45) is 0 Å². The summed E-state index contributed by atoms with van der Waals surface area (Å²) in [5.74, 6) is 0. The van der Waals surface area contributed by atoms with Crippen molar-refractivity contribution in [2.75, 3.05) is 6.54 Å². The summed E-state index contributed by atoms with van der Waals surface area (Å²) >= 11 is 0.